The van der Waals surface area contributed by atoms with Gasteiger partial charge in [-0.1, -0.05) is 30.3 Å². The van der Waals surface area contributed by atoms with Crippen molar-refractivity contribution in [3.63, 3.8) is 0 Å². The highest BCUT2D eigenvalue weighted by atomic mass is 16.3. The lowest BCUT2D eigenvalue weighted by molar-refractivity contribution is 0.0763. The Bertz CT molecular complexity index is 664. The SMILES string of the molecule is CC(O)C1CCN(C(=O)c2cn(C)nc2-c2ccccc2)C1. The van der Waals surface area contributed by atoms with Crippen LogP contribution >= 0.6 is 0 Å². The van der Waals surface area contributed by atoms with Crippen molar-refractivity contribution >= 4 is 5.91 Å². The number of aryl methyl sites for hydroxylation is 1. The van der Waals surface area contributed by atoms with Crippen LogP contribution in [0.2, 0.25) is 0 Å². The van der Waals surface area contributed by atoms with E-state index in [1.165, 1.54) is 0 Å². The van der Waals surface area contributed by atoms with Gasteiger partial charge in [0.15, 0.2) is 0 Å². The number of carbonyl (C=O) groups is 1. The number of benzene rings is 1. The van der Waals surface area contributed by atoms with Crippen LogP contribution in [-0.4, -0.2) is 44.9 Å². The molecule has 5 nitrogen and oxygen atoms in total. The Balaban J connectivity index is 1.88. The van der Waals surface area contributed by atoms with Gasteiger partial charge in [-0.2, -0.15) is 5.10 Å². The minimum absolute atomic E-state index is 0.00453. The average molecular weight is 299 g/mol. The number of aliphatic hydroxyl groups is 1. The van der Waals surface area contributed by atoms with E-state index >= 15 is 0 Å². The first-order valence-corrected chi connectivity index (χ1v) is 7.62. The Kier molecular flexibility index (Phi) is 3.98. The summed E-state index contributed by atoms with van der Waals surface area (Å²) >= 11 is 0. The van der Waals surface area contributed by atoms with Gasteiger partial charge < -0.3 is 10.0 Å². The van der Waals surface area contributed by atoms with E-state index in [1.807, 2.05) is 42.3 Å². The summed E-state index contributed by atoms with van der Waals surface area (Å²) in [7, 11) is 1.83. The summed E-state index contributed by atoms with van der Waals surface area (Å²) in [5, 5.41) is 14.2. The molecule has 2 unspecified atom stereocenters. The number of nitrogens with zero attached hydrogens (tertiary/aromatic N) is 3. The summed E-state index contributed by atoms with van der Waals surface area (Å²) in [6.45, 7) is 3.09. The van der Waals surface area contributed by atoms with Crippen molar-refractivity contribution in [1.82, 2.24) is 14.7 Å². The van der Waals surface area contributed by atoms with Gasteiger partial charge in [-0.05, 0) is 13.3 Å². The highest BCUT2D eigenvalue weighted by Gasteiger charge is 2.31. The Hall–Kier alpha value is -2.14. The van der Waals surface area contributed by atoms with Crippen molar-refractivity contribution in [2.45, 2.75) is 19.4 Å². The number of amides is 1. The predicted molar refractivity (Wildman–Crippen MR) is 84.3 cm³/mol. The maximum atomic E-state index is 12.8. The van der Waals surface area contributed by atoms with Crippen molar-refractivity contribution in [2.24, 2.45) is 13.0 Å². The first-order valence-electron chi connectivity index (χ1n) is 7.62. The van der Waals surface area contributed by atoms with Gasteiger partial charge >= 0.3 is 0 Å². The maximum absolute atomic E-state index is 12.8. The zero-order valence-corrected chi connectivity index (χ0v) is 12.9. The number of aromatic nitrogens is 2. The average Bonchev–Trinajstić information content (AvgIpc) is 3.14. The van der Waals surface area contributed by atoms with Crippen molar-refractivity contribution in [2.75, 3.05) is 13.1 Å². The molecule has 1 saturated heterocycles. The first-order chi connectivity index (χ1) is 10.6. The number of hydrogen-bond acceptors (Lipinski definition) is 3. The molecule has 1 aliphatic heterocycles. The maximum Gasteiger partial charge on any atom is 0.257 e. The second-order valence-corrected chi connectivity index (χ2v) is 5.97. The highest BCUT2D eigenvalue weighted by Crippen LogP contribution is 2.26. The second-order valence-electron chi connectivity index (χ2n) is 5.97. The van der Waals surface area contributed by atoms with Gasteiger partial charge in [0, 0.05) is 37.8 Å². The molecular weight excluding hydrogens is 278 g/mol. The van der Waals surface area contributed by atoms with Crippen LogP contribution in [0, 0.1) is 5.92 Å². The fraction of sp³-hybridized carbons (Fsp3) is 0.412. The molecule has 116 valence electrons. The lowest BCUT2D eigenvalue weighted by atomic mass is 10.0. The summed E-state index contributed by atoms with van der Waals surface area (Å²) in [6, 6.07) is 9.75. The van der Waals surface area contributed by atoms with E-state index in [0.29, 0.717) is 24.3 Å². The number of aliphatic hydroxyl groups excluding tert-OH is 1. The van der Waals surface area contributed by atoms with Crippen LogP contribution in [0.15, 0.2) is 36.5 Å². The van der Waals surface area contributed by atoms with Crippen LogP contribution in [0.4, 0.5) is 0 Å². The minimum Gasteiger partial charge on any atom is -0.393 e. The zero-order valence-electron chi connectivity index (χ0n) is 12.9. The third kappa shape index (κ3) is 2.76. The van der Waals surface area contributed by atoms with Gasteiger partial charge in [0.1, 0.15) is 5.69 Å². The number of hydrogen-bond donors (Lipinski definition) is 1. The van der Waals surface area contributed by atoms with Crippen LogP contribution in [0.5, 0.6) is 0 Å². The molecule has 5 heteroatoms. The molecule has 2 heterocycles. The van der Waals surface area contributed by atoms with E-state index in [-0.39, 0.29) is 17.9 Å². The number of carbonyl (C=O) groups excluding carboxylic acids is 1. The molecule has 1 aromatic carbocycles. The van der Waals surface area contributed by atoms with Crippen LogP contribution in [0.3, 0.4) is 0 Å². The van der Waals surface area contributed by atoms with Crippen LogP contribution in [-0.2, 0) is 7.05 Å². The van der Waals surface area contributed by atoms with Crippen LogP contribution in [0.25, 0.3) is 11.3 Å². The molecule has 0 radical (unpaired) electrons. The fourth-order valence-electron chi connectivity index (χ4n) is 2.99. The summed E-state index contributed by atoms with van der Waals surface area (Å²) in [5.41, 5.74) is 2.28. The van der Waals surface area contributed by atoms with Crippen molar-refractivity contribution in [3.8, 4) is 11.3 Å². The van der Waals surface area contributed by atoms with E-state index in [9.17, 15) is 9.90 Å². The highest BCUT2D eigenvalue weighted by molar-refractivity contribution is 5.99. The molecule has 0 saturated carbocycles. The predicted octanol–water partition coefficient (Wildman–Crippen LogP) is 1.93. The van der Waals surface area contributed by atoms with Crippen LogP contribution < -0.4 is 0 Å². The van der Waals surface area contributed by atoms with Gasteiger partial charge in [0.25, 0.3) is 5.91 Å². The molecule has 2 aromatic rings. The molecule has 0 bridgehead atoms. The Morgan fingerprint density at radius 1 is 1.36 bits per heavy atom. The monoisotopic (exact) mass is 299 g/mol. The van der Waals surface area contributed by atoms with E-state index in [2.05, 4.69) is 5.10 Å². The van der Waals surface area contributed by atoms with Gasteiger partial charge in [-0.3, -0.25) is 9.48 Å². The van der Waals surface area contributed by atoms with Gasteiger partial charge in [-0.15, -0.1) is 0 Å². The Labute approximate surface area is 130 Å². The fourth-order valence-corrected chi connectivity index (χ4v) is 2.99. The first kappa shape index (κ1) is 14.8. The minimum atomic E-state index is -0.375. The van der Waals surface area contributed by atoms with Crippen molar-refractivity contribution < 1.29 is 9.90 Å². The Morgan fingerprint density at radius 3 is 2.73 bits per heavy atom. The second kappa shape index (κ2) is 5.93. The molecule has 3 rings (SSSR count). The van der Waals surface area contributed by atoms with Crippen LogP contribution in [0.1, 0.15) is 23.7 Å². The number of likely N-dealkylation sites (tertiary alicyclic amines) is 1. The lowest BCUT2D eigenvalue weighted by Crippen LogP contribution is -2.30. The molecule has 1 fully saturated rings. The molecular formula is C17H21N3O2. The Morgan fingerprint density at radius 2 is 2.09 bits per heavy atom. The van der Waals surface area contributed by atoms with E-state index < -0.39 is 0 Å². The van der Waals surface area contributed by atoms with Gasteiger partial charge in [0.2, 0.25) is 0 Å². The summed E-state index contributed by atoms with van der Waals surface area (Å²) < 4.78 is 1.68. The molecule has 22 heavy (non-hydrogen) atoms. The quantitative estimate of drug-likeness (QED) is 0.942. The van der Waals surface area contributed by atoms with E-state index in [0.717, 1.165) is 12.0 Å². The molecule has 1 N–H and O–H groups in total. The van der Waals surface area contributed by atoms with E-state index in [4.69, 9.17) is 0 Å². The molecule has 1 amide bonds. The molecule has 0 spiro atoms. The third-order valence-corrected chi connectivity index (χ3v) is 4.30. The van der Waals surface area contributed by atoms with Gasteiger partial charge in [0.05, 0.1) is 11.7 Å². The summed E-state index contributed by atoms with van der Waals surface area (Å²) in [6.07, 6.45) is 2.25. The number of rotatable bonds is 3. The van der Waals surface area contributed by atoms with Gasteiger partial charge in [-0.25, -0.2) is 0 Å². The summed E-state index contributed by atoms with van der Waals surface area (Å²) in [5.74, 6) is 0.163. The molecule has 1 aliphatic rings. The topological polar surface area (TPSA) is 58.4 Å². The lowest BCUT2D eigenvalue weighted by Gasteiger charge is -2.17. The van der Waals surface area contributed by atoms with Crippen molar-refractivity contribution in [1.29, 1.82) is 0 Å². The summed E-state index contributed by atoms with van der Waals surface area (Å²) in [4.78, 5) is 14.6. The molecule has 2 atom stereocenters. The zero-order chi connectivity index (χ0) is 15.7. The molecule has 1 aromatic heterocycles. The largest absolute Gasteiger partial charge is 0.393 e. The van der Waals surface area contributed by atoms with E-state index in [1.54, 1.807) is 17.8 Å². The smallest absolute Gasteiger partial charge is 0.257 e. The van der Waals surface area contributed by atoms with Crippen molar-refractivity contribution in [3.05, 3.63) is 42.1 Å². The third-order valence-electron chi connectivity index (χ3n) is 4.30. The normalized spacial score (nSPS) is 19.4. The standard InChI is InChI=1S/C17H21N3O2/c1-12(21)14-8-9-20(10-14)17(22)15-11-19(2)18-16(15)13-6-4-3-5-7-13/h3-7,11-12,14,21H,8-10H2,1-2H3. The molecule has 0 aliphatic carbocycles.